The zero-order valence-electron chi connectivity index (χ0n) is 28.2. The molecule has 2 heterocycles. The van der Waals surface area contributed by atoms with Crippen LogP contribution in [0.25, 0.3) is 5.70 Å². The van der Waals surface area contributed by atoms with Crippen molar-refractivity contribution < 1.29 is 23.1 Å². The van der Waals surface area contributed by atoms with Crippen LogP contribution in [0, 0.1) is 25.7 Å². The Hall–Kier alpha value is -3.48. The summed E-state index contributed by atoms with van der Waals surface area (Å²) < 4.78 is 38.6. The Morgan fingerprint density at radius 2 is 1.50 bits per heavy atom. The molecule has 3 aromatic rings. The van der Waals surface area contributed by atoms with Gasteiger partial charge in [-0.1, -0.05) is 92.4 Å². The maximum Gasteiger partial charge on any atom is 0.416 e. The molecular weight excluding hydrogens is 583 g/mol. The normalized spacial score (nSPS) is 9.14. The standard InChI is InChI=1S/C21H16F3N3S.C3H8O.3C3H8.C2H4O/c1-13-4-5-17(10-16(13)6-7-19-12-26-15(3)28-19)14(2)27-20-11-18(8-9-25-20)21(22,23)24;1-2-3-4;3*1-3-2;1-2-3/h4-5,8-12H,2H2,1,3H3,(H,25,27);4H,2-3H2,1H3;3*3H2,1-2H3;2H,1H3. The van der Waals surface area contributed by atoms with Gasteiger partial charge in [0.25, 0.3) is 0 Å². The number of alkyl halides is 3. The molecule has 246 valence electrons. The average molecular weight is 636 g/mol. The Labute approximate surface area is 268 Å². The number of anilines is 1. The topological polar surface area (TPSA) is 75.1 Å². The number of rotatable bonds is 4. The molecule has 0 aliphatic carbocycles. The summed E-state index contributed by atoms with van der Waals surface area (Å²) in [5, 5.41) is 11.7. The number of halogens is 3. The van der Waals surface area contributed by atoms with Crippen molar-refractivity contribution in [2.24, 2.45) is 0 Å². The van der Waals surface area contributed by atoms with E-state index in [1.807, 2.05) is 39.0 Å². The predicted octanol–water partition coefficient (Wildman–Crippen LogP) is 10.5. The van der Waals surface area contributed by atoms with Gasteiger partial charge in [0.05, 0.1) is 21.6 Å². The van der Waals surface area contributed by atoms with Crippen LogP contribution in [0.15, 0.2) is 49.3 Å². The number of pyridine rings is 1. The number of hydrogen-bond acceptors (Lipinski definition) is 6. The SMILES string of the molecule is C=C(Nc1cc(C(F)(F)F)ccn1)c1ccc(C)c(C#Cc2cnc(C)s2)c1.CC=O.CCC.CCC.CCC.CCCO. The first kappa shape index (κ1) is 45.0. The fraction of sp³-hybridized carbons (Fsp3) is 0.457. The third kappa shape index (κ3) is 23.0. The highest BCUT2D eigenvalue weighted by atomic mass is 32.1. The lowest BCUT2D eigenvalue weighted by molar-refractivity contribution is -0.137. The highest BCUT2D eigenvalue weighted by Gasteiger charge is 2.30. The Kier molecular flexibility index (Phi) is 28.9. The van der Waals surface area contributed by atoms with E-state index >= 15 is 0 Å². The van der Waals surface area contributed by atoms with E-state index in [2.05, 4.69) is 75.2 Å². The van der Waals surface area contributed by atoms with Crippen LogP contribution in [0.4, 0.5) is 19.0 Å². The van der Waals surface area contributed by atoms with E-state index in [4.69, 9.17) is 9.90 Å². The maximum atomic E-state index is 12.9. The molecule has 9 heteroatoms. The van der Waals surface area contributed by atoms with Crippen molar-refractivity contribution in [2.45, 2.75) is 101 Å². The molecule has 0 amide bonds. The molecule has 0 radical (unpaired) electrons. The van der Waals surface area contributed by atoms with Gasteiger partial charge in [0.15, 0.2) is 0 Å². The molecule has 0 aliphatic rings. The van der Waals surface area contributed by atoms with Crippen LogP contribution in [-0.4, -0.2) is 28.0 Å². The molecule has 0 saturated heterocycles. The lowest BCUT2D eigenvalue weighted by Gasteiger charge is -2.12. The van der Waals surface area contributed by atoms with Crippen LogP contribution in [0.3, 0.4) is 0 Å². The highest BCUT2D eigenvalue weighted by Crippen LogP contribution is 2.30. The Morgan fingerprint density at radius 3 is 1.93 bits per heavy atom. The summed E-state index contributed by atoms with van der Waals surface area (Å²) in [6, 6.07) is 7.45. The number of nitrogens with zero attached hydrogens (tertiary/aromatic N) is 2. The molecule has 0 atom stereocenters. The lowest BCUT2D eigenvalue weighted by atomic mass is 10.0. The smallest absolute Gasteiger partial charge is 0.396 e. The summed E-state index contributed by atoms with van der Waals surface area (Å²) in [5.41, 5.74) is 2.18. The van der Waals surface area contributed by atoms with Crippen molar-refractivity contribution in [3.05, 3.63) is 81.4 Å². The van der Waals surface area contributed by atoms with E-state index < -0.39 is 11.7 Å². The quantitative estimate of drug-likeness (QED) is 0.220. The number of nitrogens with one attached hydrogen (secondary N) is 1. The maximum absolute atomic E-state index is 12.9. The second kappa shape index (κ2) is 28.3. The van der Waals surface area contributed by atoms with E-state index in [9.17, 15) is 13.2 Å². The van der Waals surface area contributed by atoms with Gasteiger partial charge >= 0.3 is 6.18 Å². The first-order valence-electron chi connectivity index (χ1n) is 14.8. The molecule has 0 aliphatic heterocycles. The van der Waals surface area contributed by atoms with Gasteiger partial charge < -0.3 is 15.2 Å². The second-order valence-electron chi connectivity index (χ2n) is 9.13. The van der Waals surface area contributed by atoms with Gasteiger partial charge in [-0.05, 0) is 62.4 Å². The number of aromatic nitrogens is 2. The number of benzene rings is 1. The van der Waals surface area contributed by atoms with E-state index in [1.54, 1.807) is 6.20 Å². The van der Waals surface area contributed by atoms with Crippen molar-refractivity contribution in [1.29, 1.82) is 0 Å². The lowest BCUT2D eigenvalue weighted by Crippen LogP contribution is -2.07. The number of hydrogen-bond donors (Lipinski definition) is 2. The summed E-state index contributed by atoms with van der Waals surface area (Å²) in [6.45, 7) is 24.2. The third-order valence-electron chi connectivity index (χ3n) is 4.12. The Morgan fingerprint density at radius 1 is 0.977 bits per heavy atom. The van der Waals surface area contributed by atoms with Crippen molar-refractivity contribution in [2.75, 3.05) is 11.9 Å². The molecule has 0 spiro atoms. The molecule has 44 heavy (non-hydrogen) atoms. The van der Waals surface area contributed by atoms with Crippen LogP contribution >= 0.6 is 11.3 Å². The highest BCUT2D eigenvalue weighted by molar-refractivity contribution is 7.12. The van der Waals surface area contributed by atoms with Gasteiger partial charge in [0, 0.05) is 24.1 Å². The molecular formula is C35H52F3N3O2S. The average Bonchev–Trinajstić information content (AvgIpc) is 3.39. The van der Waals surface area contributed by atoms with Gasteiger partial charge in [-0.25, -0.2) is 9.97 Å². The van der Waals surface area contributed by atoms with Crippen molar-refractivity contribution in [1.82, 2.24) is 9.97 Å². The minimum atomic E-state index is -4.43. The van der Waals surface area contributed by atoms with Crippen molar-refractivity contribution >= 4 is 29.1 Å². The molecule has 0 bridgehead atoms. The molecule has 3 rings (SSSR count). The fourth-order valence-corrected chi connectivity index (χ4v) is 3.03. The van der Waals surface area contributed by atoms with Gasteiger partial charge in [-0.3, -0.25) is 0 Å². The van der Waals surface area contributed by atoms with E-state index in [1.165, 1.54) is 37.5 Å². The molecule has 5 nitrogen and oxygen atoms in total. The Bertz CT molecular complexity index is 1220. The van der Waals surface area contributed by atoms with Gasteiger partial charge in [-0.15, -0.1) is 11.3 Å². The van der Waals surface area contributed by atoms with Gasteiger partial charge in [0.1, 0.15) is 12.1 Å². The number of carbonyl (C=O) groups is 1. The summed E-state index contributed by atoms with van der Waals surface area (Å²) >= 11 is 1.51. The van der Waals surface area contributed by atoms with Crippen LogP contribution < -0.4 is 5.32 Å². The van der Waals surface area contributed by atoms with E-state index in [0.717, 1.165) is 57.6 Å². The summed E-state index contributed by atoms with van der Waals surface area (Å²) in [4.78, 5) is 17.8. The van der Waals surface area contributed by atoms with Crippen LogP contribution in [0.2, 0.25) is 0 Å². The minimum absolute atomic E-state index is 0.0770. The molecule has 1 aromatic carbocycles. The van der Waals surface area contributed by atoms with Crippen molar-refractivity contribution in [3.63, 3.8) is 0 Å². The largest absolute Gasteiger partial charge is 0.416 e. The second-order valence-corrected chi connectivity index (χ2v) is 10.4. The predicted molar refractivity (Wildman–Crippen MR) is 183 cm³/mol. The number of aliphatic hydroxyl groups excluding tert-OH is 1. The molecule has 2 N–H and O–H groups in total. The molecule has 0 saturated carbocycles. The third-order valence-corrected chi connectivity index (χ3v) is 4.95. The van der Waals surface area contributed by atoms with E-state index in [-0.39, 0.29) is 5.82 Å². The summed E-state index contributed by atoms with van der Waals surface area (Å²) in [5.74, 6) is 6.28. The monoisotopic (exact) mass is 635 g/mol. The number of carbonyl (C=O) groups excluding carboxylic acids is 1. The van der Waals surface area contributed by atoms with Crippen LogP contribution in [0.1, 0.15) is 113 Å². The summed E-state index contributed by atoms with van der Waals surface area (Å²) in [6.07, 6.45) is 3.79. The zero-order valence-corrected chi connectivity index (χ0v) is 29.0. The first-order chi connectivity index (χ1) is 20.8. The fourth-order valence-electron chi connectivity index (χ4n) is 2.39. The molecule has 0 fully saturated rings. The Balaban J connectivity index is -0.000000879. The van der Waals surface area contributed by atoms with Crippen LogP contribution in [0.5, 0.6) is 0 Å². The zero-order chi connectivity index (χ0) is 34.6. The number of thiazole rings is 1. The summed E-state index contributed by atoms with van der Waals surface area (Å²) in [7, 11) is 0. The number of aryl methyl sites for hydroxylation is 2. The number of aldehydes is 1. The van der Waals surface area contributed by atoms with E-state index in [0.29, 0.717) is 12.3 Å². The van der Waals surface area contributed by atoms with Gasteiger partial charge in [0.2, 0.25) is 0 Å². The van der Waals surface area contributed by atoms with Crippen LogP contribution in [-0.2, 0) is 11.0 Å². The van der Waals surface area contributed by atoms with Crippen molar-refractivity contribution in [3.8, 4) is 11.8 Å². The molecule has 2 aromatic heterocycles. The minimum Gasteiger partial charge on any atom is -0.396 e. The molecule has 0 unspecified atom stereocenters. The van der Waals surface area contributed by atoms with Gasteiger partial charge in [-0.2, -0.15) is 13.2 Å². The first-order valence-corrected chi connectivity index (χ1v) is 15.7. The number of aliphatic hydroxyl groups is 1.